The number of benzene rings is 1. The Hall–Kier alpha value is -4.20. The third-order valence-corrected chi connectivity index (χ3v) is 4.18. The fraction of sp³-hybridized carbons (Fsp3) is 0.0667. The highest BCUT2D eigenvalue weighted by Gasteiger charge is 2.24. The van der Waals surface area contributed by atoms with Crippen molar-refractivity contribution in [1.82, 2.24) is 20.4 Å². The number of carbonyl (C=O) groups excluding carboxylic acids is 1. The molecule has 29 heavy (non-hydrogen) atoms. The summed E-state index contributed by atoms with van der Waals surface area (Å²) < 4.78 is 0. The molecular formula is C15H12N8O5S. The van der Waals surface area contributed by atoms with Crippen molar-refractivity contribution in [3.63, 3.8) is 0 Å². The van der Waals surface area contributed by atoms with Crippen LogP contribution in [0.15, 0.2) is 42.2 Å². The molecule has 2 heterocycles. The van der Waals surface area contributed by atoms with Crippen molar-refractivity contribution >= 4 is 45.4 Å². The van der Waals surface area contributed by atoms with Gasteiger partial charge in [0.05, 0.1) is 16.3 Å². The van der Waals surface area contributed by atoms with E-state index < -0.39 is 21.4 Å². The number of nitrogens with one attached hydrogen (secondary N) is 3. The lowest BCUT2D eigenvalue weighted by Crippen LogP contribution is -2.31. The Kier molecular flexibility index (Phi) is 5.84. The van der Waals surface area contributed by atoms with Gasteiger partial charge in [-0.1, -0.05) is 12.1 Å². The number of carbonyl (C=O) groups is 1. The Balaban J connectivity index is 1.68. The maximum atomic E-state index is 12.1. The molecule has 0 aliphatic heterocycles. The number of anilines is 3. The molecule has 0 spiro atoms. The van der Waals surface area contributed by atoms with Crippen LogP contribution in [0.1, 0.15) is 5.56 Å². The Morgan fingerprint density at radius 2 is 1.76 bits per heavy atom. The zero-order valence-electron chi connectivity index (χ0n) is 14.4. The summed E-state index contributed by atoms with van der Waals surface area (Å²) in [4.78, 5) is 44.6. The minimum absolute atomic E-state index is 0.0907. The Labute approximate surface area is 166 Å². The molecular weight excluding hydrogens is 404 g/mol. The van der Waals surface area contributed by atoms with Gasteiger partial charge in [0, 0.05) is 23.7 Å². The molecule has 1 aromatic carbocycles. The predicted molar refractivity (Wildman–Crippen MR) is 103 cm³/mol. The van der Waals surface area contributed by atoms with Gasteiger partial charge in [-0.05, 0) is 5.56 Å². The molecule has 148 valence electrons. The summed E-state index contributed by atoms with van der Waals surface area (Å²) in [7, 11) is 0. The molecule has 3 rings (SSSR count). The molecule has 0 saturated carbocycles. The standard InChI is InChI=1S/C15H12N8O5S/c24-11(7-9-1-3-10(4-2-9)22(25)26)20-21-14-12(23(27)28)13(17-8-18-14)19-15-16-5-6-29-15/h1-6,8H,7H2,(H,20,24)(H2,16,17,18,19,21). The van der Waals surface area contributed by atoms with Crippen LogP contribution in [0.2, 0.25) is 0 Å². The highest BCUT2D eigenvalue weighted by atomic mass is 32.1. The normalized spacial score (nSPS) is 10.2. The molecule has 0 fully saturated rings. The first-order chi connectivity index (χ1) is 13.9. The fourth-order valence-electron chi connectivity index (χ4n) is 2.22. The molecule has 0 atom stereocenters. The van der Waals surface area contributed by atoms with Crippen molar-refractivity contribution in [2.45, 2.75) is 6.42 Å². The van der Waals surface area contributed by atoms with Gasteiger partial charge in [-0.3, -0.25) is 35.9 Å². The fourth-order valence-corrected chi connectivity index (χ4v) is 2.74. The molecule has 0 radical (unpaired) electrons. The van der Waals surface area contributed by atoms with Crippen molar-refractivity contribution in [3.05, 3.63) is 68.0 Å². The predicted octanol–water partition coefficient (Wildman–Crippen LogP) is 2.18. The van der Waals surface area contributed by atoms with Crippen molar-refractivity contribution in [2.75, 3.05) is 10.7 Å². The number of nitro benzene ring substituents is 1. The number of hydrogen-bond donors (Lipinski definition) is 3. The summed E-state index contributed by atoms with van der Waals surface area (Å²) in [6.45, 7) is 0. The minimum Gasteiger partial charge on any atom is -0.310 e. The monoisotopic (exact) mass is 416 g/mol. The molecule has 0 unspecified atom stereocenters. The quantitative estimate of drug-likeness (QED) is 0.364. The Morgan fingerprint density at radius 3 is 2.38 bits per heavy atom. The van der Waals surface area contributed by atoms with Crippen LogP contribution >= 0.6 is 11.3 Å². The van der Waals surface area contributed by atoms with Crippen LogP contribution in [0.25, 0.3) is 0 Å². The maximum Gasteiger partial charge on any atom is 0.355 e. The van der Waals surface area contributed by atoms with Gasteiger partial charge in [-0.25, -0.2) is 15.0 Å². The number of nitrogens with zero attached hydrogens (tertiary/aromatic N) is 5. The molecule has 3 N–H and O–H groups in total. The van der Waals surface area contributed by atoms with E-state index in [2.05, 4.69) is 31.1 Å². The van der Waals surface area contributed by atoms with Crippen LogP contribution in [0.5, 0.6) is 0 Å². The number of hydrogen-bond acceptors (Lipinski definition) is 11. The lowest BCUT2D eigenvalue weighted by Gasteiger charge is -2.10. The lowest BCUT2D eigenvalue weighted by molar-refractivity contribution is -0.384. The zero-order chi connectivity index (χ0) is 20.8. The maximum absolute atomic E-state index is 12.1. The van der Waals surface area contributed by atoms with E-state index in [0.717, 1.165) is 6.33 Å². The highest BCUT2D eigenvalue weighted by Crippen LogP contribution is 2.31. The van der Waals surface area contributed by atoms with Gasteiger partial charge in [0.1, 0.15) is 6.33 Å². The van der Waals surface area contributed by atoms with Crippen molar-refractivity contribution in [1.29, 1.82) is 0 Å². The summed E-state index contributed by atoms with van der Waals surface area (Å²) in [5, 5.41) is 26.9. The molecule has 3 aromatic rings. The number of aromatic nitrogens is 3. The van der Waals surface area contributed by atoms with Gasteiger partial charge in [-0.2, -0.15) is 0 Å². The van der Waals surface area contributed by atoms with Crippen molar-refractivity contribution < 1.29 is 14.6 Å². The average Bonchev–Trinajstić information content (AvgIpc) is 3.19. The van der Waals surface area contributed by atoms with Crippen LogP contribution in [-0.2, 0) is 11.2 Å². The molecule has 14 heteroatoms. The van der Waals surface area contributed by atoms with E-state index >= 15 is 0 Å². The highest BCUT2D eigenvalue weighted by molar-refractivity contribution is 7.13. The van der Waals surface area contributed by atoms with Crippen LogP contribution in [0.4, 0.5) is 28.1 Å². The zero-order valence-corrected chi connectivity index (χ0v) is 15.3. The van der Waals surface area contributed by atoms with Crippen LogP contribution in [-0.4, -0.2) is 30.7 Å². The second kappa shape index (κ2) is 8.66. The topological polar surface area (TPSA) is 178 Å². The van der Waals surface area contributed by atoms with Crippen molar-refractivity contribution in [2.24, 2.45) is 0 Å². The number of non-ortho nitro benzene ring substituents is 1. The molecule has 0 aliphatic carbocycles. The van der Waals surface area contributed by atoms with Crippen LogP contribution in [0, 0.1) is 20.2 Å². The van der Waals surface area contributed by atoms with E-state index in [-0.39, 0.29) is 23.7 Å². The van der Waals surface area contributed by atoms with Gasteiger partial charge in [0.2, 0.25) is 17.5 Å². The van der Waals surface area contributed by atoms with E-state index in [1.807, 2.05) is 0 Å². The minimum atomic E-state index is -0.694. The molecule has 13 nitrogen and oxygen atoms in total. The summed E-state index contributed by atoms with van der Waals surface area (Å²) in [6, 6.07) is 5.45. The molecule has 1 amide bonds. The van der Waals surface area contributed by atoms with Gasteiger partial charge in [-0.15, -0.1) is 11.3 Å². The molecule has 2 aromatic heterocycles. The van der Waals surface area contributed by atoms with Crippen LogP contribution in [0.3, 0.4) is 0 Å². The second-order valence-electron chi connectivity index (χ2n) is 5.41. The van der Waals surface area contributed by atoms with Gasteiger partial charge in [0.15, 0.2) is 5.13 Å². The second-order valence-corrected chi connectivity index (χ2v) is 6.31. The van der Waals surface area contributed by atoms with E-state index in [0.29, 0.717) is 10.7 Å². The number of hydrazine groups is 1. The summed E-state index contributed by atoms with van der Waals surface area (Å²) in [6.07, 6.45) is 2.51. The first-order valence-electron chi connectivity index (χ1n) is 7.88. The smallest absolute Gasteiger partial charge is 0.310 e. The number of nitro groups is 2. The van der Waals surface area contributed by atoms with E-state index in [1.165, 1.54) is 41.8 Å². The van der Waals surface area contributed by atoms with E-state index in [4.69, 9.17) is 0 Å². The number of rotatable bonds is 8. The van der Waals surface area contributed by atoms with Crippen LogP contribution < -0.4 is 16.2 Å². The van der Waals surface area contributed by atoms with Gasteiger partial charge in [0.25, 0.3) is 5.69 Å². The van der Waals surface area contributed by atoms with Crippen molar-refractivity contribution in [3.8, 4) is 0 Å². The number of thiazole rings is 1. The first-order valence-corrected chi connectivity index (χ1v) is 8.76. The molecule has 0 saturated heterocycles. The van der Waals surface area contributed by atoms with Gasteiger partial charge < -0.3 is 5.32 Å². The van der Waals surface area contributed by atoms with E-state index in [1.54, 1.807) is 5.38 Å². The summed E-state index contributed by atoms with van der Waals surface area (Å²) in [5.41, 5.74) is 4.67. The number of amides is 1. The molecule has 0 aliphatic rings. The largest absolute Gasteiger partial charge is 0.355 e. The first kappa shape index (κ1) is 19.6. The summed E-state index contributed by atoms with van der Waals surface area (Å²) >= 11 is 1.23. The lowest BCUT2D eigenvalue weighted by atomic mass is 10.1. The SMILES string of the molecule is O=C(Cc1ccc([N+](=O)[O-])cc1)NNc1ncnc(Nc2nccs2)c1[N+](=O)[O-]. The average molecular weight is 416 g/mol. The third-order valence-electron chi connectivity index (χ3n) is 3.49. The third kappa shape index (κ3) is 4.95. The van der Waals surface area contributed by atoms with E-state index in [9.17, 15) is 25.0 Å². The summed E-state index contributed by atoms with van der Waals surface area (Å²) in [5.74, 6) is -0.839. The van der Waals surface area contributed by atoms with Gasteiger partial charge >= 0.3 is 5.69 Å². The molecule has 0 bridgehead atoms. The Morgan fingerprint density at radius 1 is 1.03 bits per heavy atom. The Bertz CT molecular complexity index is 1040.